The summed E-state index contributed by atoms with van der Waals surface area (Å²) in [4.78, 5) is 0.864. The van der Waals surface area contributed by atoms with Crippen LogP contribution in [0.4, 0.5) is 13.2 Å². The number of hydrogen-bond donors (Lipinski definition) is 0. The van der Waals surface area contributed by atoms with Gasteiger partial charge in [0.1, 0.15) is 10.1 Å². The molecule has 0 radical (unpaired) electrons. The molecule has 1 atom stereocenters. The first-order valence-corrected chi connectivity index (χ1v) is 7.13. The molecule has 11 heteroatoms. The van der Waals surface area contributed by atoms with Gasteiger partial charge in [0.15, 0.2) is 0 Å². The van der Waals surface area contributed by atoms with Gasteiger partial charge in [-0.3, -0.25) is 0 Å². The van der Waals surface area contributed by atoms with Crippen LogP contribution in [-0.4, -0.2) is 43.5 Å². The maximum Gasteiger partial charge on any atom is 0.417 e. The molecule has 0 saturated carbocycles. The number of hydrogen-bond acceptors (Lipinski definition) is 4. The average Bonchev–Trinajstić information content (AvgIpc) is 2.26. The van der Waals surface area contributed by atoms with Crippen LogP contribution in [0.5, 0.6) is 0 Å². The van der Waals surface area contributed by atoms with Gasteiger partial charge >= 0.3 is 11.7 Å². The van der Waals surface area contributed by atoms with Gasteiger partial charge in [-0.15, -0.1) is 0 Å². The van der Waals surface area contributed by atoms with Crippen molar-refractivity contribution in [1.82, 2.24) is 0 Å². The fraction of sp³-hybridized carbons (Fsp3) is 0.250. The largest absolute Gasteiger partial charge is 0.417 e. The molecule has 0 heterocycles. The van der Waals surface area contributed by atoms with Gasteiger partial charge in [-0.2, -0.15) is 26.4 Å². The number of nitrogens with zero attached hydrogens (tertiary/aromatic N) is 2. The number of alkyl halides is 3. The Balaban J connectivity index is 3.60. The first-order chi connectivity index (χ1) is 8.61. The van der Waals surface area contributed by atoms with Crippen molar-refractivity contribution in [3.63, 3.8) is 0 Å². The molecule has 0 N–H and O–H groups in total. The summed E-state index contributed by atoms with van der Waals surface area (Å²) >= 11 is 0. The van der Waals surface area contributed by atoms with Gasteiger partial charge in [0.2, 0.25) is 10.3 Å². The third-order valence-corrected chi connectivity index (χ3v) is 4.58. The van der Waals surface area contributed by atoms with E-state index in [0.717, 1.165) is 12.2 Å². The van der Waals surface area contributed by atoms with Crippen molar-refractivity contribution in [2.75, 3.05) is 0 Å². The summed E-state index contributed by atoms with van der Waals surface area (Å²) in [6, 6.07) is 0. The molecule has 1 rings (SSSR count). The van der Waals surface area contributed by atoms with Crippen LogP contribution < -0.4 is 0 Å². The maximum absolute atomic E-state index is 12.6. The minimum absolute atomic E-state index is 0.0197. The number of allylic oxidation sites excluding steroid dienone is 3. The standard InChI is InChI=1S/C8H5F3N2O4S2/c9-8(10,11)5-2-1-3-6(7(5)18(14)15)19(16,17)4-13-12/h1-4,6H. The van der Waals surface area contributed by atoms with Gasteiger partial charge in [0, 0.05) is 0 Å². The van der Waals surface area contributed by atoms with Gasteiger partial charge in [0.25, 0.3) is 9.84 Å². The molecule has 0 aromatic rings. The Morgan fingerprint density at radius 1 is 1.37 bits per heavy atom. The molecule has 0 aromatic carbocycles. The lowest BCUT2D eigenvalue weighted by Gasteiger charge is -2.18. The lowest BCUT2D eigenvalue weighted by molar-refractivity contribution is -0.0860. The number of halogens is 3. The van der Waals surface area contributed by atoms with Gasteiger partial charge in [0.05, 0.1) is 5.57 Å². The third kappa shape index (κ3) is 3.19. The molecule has 19 heavy (non-hydrogen) atoms. The summed E-state index contributed by atoms with van der Waals surface area (Å²) in [7, 11) is -7.92. The van der Waals surface area contributed by atoms with E-state index in [0.29, 0.717) is 6.08 Å². The van der Waals surface area contributed by atoms with Crippen molar-refractivity contribution in [2.45, 2.75) is 11.4 Å². The minimum Gasteiger partial charge on any atom is -0.361 e. The topological polar surface area (TPSA) is 105 Å². The number of sulfone groups is 1. The highest BCUT2D eigenvalue weighted by Gasteiger charge is 2.45. The SMILES string of the molecule is [N-]=[N+]=CS(=O)(=O)C1C=CC=C(C(F)(F)F)C1=S(=O)=O. The van der Waals surface area contributed by atoms with Crippen LogP contribution in [0.15, 0.2) is 23.8 Å². The fourth-order valence-electron chi connectivity index (χ4n) is 1.38. The van der Waals surface area contributed by atoms with Crippen LogP contribution in [0.2, 0.25) is 0 Å². The molecule has 1 aliphatic carbocycles. The molecule has 0 spiro atoms. The predicted octanol–water partition coefficient (Wildman–Crippen LogP) is 0.138. The zero-order valence-electron chi connectivity index (χ0n) is 8.86. The Bertz CT molecular complexity index is 729. The predicted molar refractivity (Wildman–Crippen MR) is 59.6 cm³/mol. The summed E-state index contributed by atoms with van der Waals surface area (Å²) in [5, 5.41) is -2.08. The molecule has 1 unspecified atom stereocenters. The first-order valence-electron chi connectivity index (χ1n) is 4.44. The third-order valence-electron chi connectivity index (χ3n) is 2.11. The summed E-state index contributed by atoms with van der Waals surface area (Å²) in [6.07, 6.45) is -3.05. The molecular weight excluding hydrogens is 309 g/mol. The fourth-order valence-corrected chi connectivity index (χ4v) is 3.65. The monoisotopic (exact) mass is 314 g/mol. The van der Waals surface area contributed by atoms with Crippen molar-refractivity contribution in [2.24, 2.45) is 0 Å². The molecule has 0 bridgehead atoms. The van der Waals surface area contributed by atoms with E-state index in [1.165, 1.54) is 0 Å². The van der Waals surface area contributed by atoms with Crippen LogP contribution in [0, 0.1) is 0 Å². The second kappa shape index (κ2) is 5.11. The summed E-state index contributed by atoms with van der Waals surface area (Å²) in [5.74, 6) is 0. The molecule has 0 aliphatic heterocycles. The van der Waals surface area contributed by atoms with Crippen LogP contribution in [0.3, 0.4) is 0 Å². The van der Waals surface area contributed by atoms with E-state index in [4.69, 9.17) is 5.53 Å². The van der Waals surface area contributed by atoms with Gasteiger partial charge in [-0.1, -0.05) is 12.2 Å². The van der Waals surface area contributed by atoms with E-state index in [1.54, 1.807) is 0 Å². The van der Waals surface area contributed by atoms with E-state index >= 15 is 0 Å². The normalized spacial score (nSPS) is 19.6. The highest BCUT2D eigenvalue weighted by Crippen LogP contribution is 2.31. The van der Waals surface area contributed by atoms with E-state index in [2.05, 4.69) is 4.79 Å². The van der Waals surface area contributed by atoms with Crippen molar-refractivity contribution in [3.05, 3.63) is 29.3 Å². The molecule has 6 nitrogen and oxygen atoms in total. The van der Waals surface area contributed by atoms with Crippen LogP contribution in [-0.2, 0) is 20.1 Å². The van der Waals surface area contributed by atoms with E-state index in [-0.39, 0.29) is 5.55 Å². The Hall–Kier alpha value is -1.71. The van der Waals surface area contributed by atoms with Crippen LogP contribution in [0.25, 0.3) is 5.53 Å². The molecular formula is C8H5F3N2O4S2. The van der Waals surface area contributed by atoms with Crippen molar-refractivity contribution >= 4 is 30.5 Å². The highest BCUT2D eigenvalue weighted by molar-refractivity contribution is 8.06. The van der Waals surface area contributed by atoms with Gasteiger partial charge < -0.3 is 5.53 Å². The second-order valence-corrected chi connectivity index (χ2v) is 6.10. The summed E-state index contributed by atoms with van der Waals surface area (Å²) in [5.41, 5.74) is 6.55. The molecule has 0 aromatic heterocycles. The molecule has 0 amide bonds. The Morgan fingerprint density at radius 2 is 1.95 bits per heavy atom. The van der Waals surface area contributed by atoms with Crippen LogP contribution >= 0.6 is 0 Å². The molecule has 1 aliphatic rings. The molecule has 0 saturated heterocycles. The quantitative estimate of drug-likeness (QED) is 0.238. The Kier molecular flexibility index (Phi) is 4.13. The van der Waals surface area contributed by atoms with E-state index in [1.807, 2.05) is 0 Å². The van der Waals surface area contributed by atoms with Crippen molar-refractivity contribution in [1.29, 1.82) is 0 Å². The van der Waals surface area contributed by atoms with Gasteiger partial charge in [-0.05, 0) is 6.08 Å². The Labute approximate surface area is 106 Å². The summed E-state index contributed by atoms with van der Waals surface area (Å²) < 4.78 is 82.7. The Morgan fingerprint density at radius 3 is 2.37 bits per heavy atom. The summed E-state index contributed by atoms with van der Waals surface area (Å²) in [6.45, 7) is 0. The lowest BCUT2D eigenvalue weighted by atomic mass is 10.0. The van der Waals surface area contributed by atoms with E-state index < -0.39 is 42.0 Å². The molecule has 104 valence electrons. The minimum atomic E-state index is -5.02. The second-order valence-electron chi connectivity index (χ2n) is 3.29. The first kappa shape index (κ1) is 15.3. The lowest BCUT2D eigenvalue weighted by Crippen LogP contribution is -2.37. The highest BCUT2D eigenvalue weighted by atomic mass is 32.2. The smallest absolute Gasteiger partial charge is 0.361 e. The van der Waals surface area contributed by atoms with Crippen molar-refractivity contribution in [3.8, 4) is 0 Å². The molecule has 0 fully saturated rings. The average molecular weight is 314 g/mol. The zero-order valence-corrected chi connectivity index (χ0v) is 10.5. The van der Waals surface area contributed by atoms with Gasteiger partial charge in [-0.25, -0.2) is 8.42 Å². The zero-order chi connectivity index (χ0) is 14.8. The van der Waals surface area contributed by atoms with Crippen molar-refractivity contribution < 1.29 is 34.8 Å². The number of rotatable bonds is 2. The van der Waals surface area contributed by atoms with Crippen LogP contribution in [0.1, 0.15) is 0 Å². The van der Waals surface area contributed by atoms with E-state index in [9.17, 15) is 30.0 Å². The maximum atomic E-state index is 12.6.